The number of likely N-dealkylation sites (tertiary alicyclic amines) is 1. The standard InChI is InChI=1S/C16H17BrN2O3/c17-10-4-3-5-11(8-10)18-14(20)9-19-15(21)12-6-1-2-7-13(12)16(19)22/h3-5,8,12-13H,1-2,6-7,9H2,(H,18,20)/t12-,13+. The number of nitrogens with zero attached hydrogens (tertiary/aromatic N) is 1. The number of anilines is 1. The van der Waals surface area contributed by atoms with Crippen molar-refractivity contribution in [2.24, 2.45) is 11.8 Å². The Morgan fingerprint density at radius 2 is 1.82 bits per heavy atom. The zero-order chi connectivity index (χ0) is 15.7. The maximum absolute atomic E-state index is 12.3. The zero-order valence-electron chi connectivity index (χ0n) is 12.0. The van der Waals surface area contributed by atoms with Gasteiger partial charge in [-0.1, -0.05) is 34.8 Å². The molecule has 2 aliphatic rings. The van der Waals surface area contributed by atoms with Gasteiger partial charge < -0.3 is 5.32 Å². The highest BCUT2D eigenvalue weighted by atomic mass is 79.9. The Balaban J connectivity index is 1.66. The minimum absolute atomic E-state index is 0.181. The maximum atomic E-state index is 12.3. The van der Waals surface area contributed by atoms with Crippen LogP contribution < -0.4 is 5.32 Å². The molecule has 1 aromatic rings. The Hall–Kier alpha value is -1.69. The molecule has 2 atom stereocenters. The molecule has 1 heterocycles. The van der Waals surface area contributed by atoms with Crippen LogP contribution in [0.3, 0.4) is 0 Å². The monoisotopic (exact) mass is 364 g/mol. The summed E-state index contributed by atoms with van der Waals surface area (Å²) >= 11 is 3.33. The number of amides is 3. The Labute approximate surface area is 137 Å². The molecular formula is C16H17BrN2O3. The van der Waals surface area contributed by atoms with Crippen molar-refractivity contribution >= 4 is 39.3 Å². The third-order valence-electron chi connectivity index (χ3n) is 4.34. The van der Waals surface area contributed by atoms with E-state index in [9.17, 15) is 14.4 Å². The third kappa shape index (κ3) is 2.92. The summed E-state index contributed by atoms with van der Waals surface area (Å²) in [6.45, 7) is -0.197. The number of carbonyl (C=O) groups is 3. The van der Waals surface area contributed by atoms with Crippen molar-refractivity contribution in [1.29, 1.82) is 0 Å². The van der Waals surface area contributed by atoms with Gasteiger partial charge in [0.2, 0.25) is 17.7 Å². The predicted molar refractivity (Wildman–Crippen MR) is 84.9 cm³/mol. The van der Waals surface area contributed by atoms with Gasteiger partial charge >= 0.3 is 0 Å². The average molecular weight is 365 g/mol. The highest BCUT2D eigenvalue weighted by Gasteiger charge is 2.48. The number of carbonyl (C=O) groups excluding carboxylic acids is 3. The molecule has 1 saturated heterocycles. The normalized spacial score (nSPS) is 24.3. The molecule has 22 heavy (non-hydrogen) atoms. The van der Waals surface area contributed by atoms with Crippen LogP contribution in [0, 0.1) is 11.8 Å². The van der Waals surface area contributed by atoms with Crippen molar-refractivity contribution in [3.63, 3.8) is 0 Å². The Kier molecular flexibility index (Phi) is 4.29. The fourth-order valence-electron chi connectivity index (χ4n) is 3.30. The van der Waals surface area contributed by atoms with Gasteiger partial charge in [0.1, 0.15) is 6.54 Å². The molecule has 0 spiro atoms. The minimum atomic E-state index is -0.349. The molecule has 0 radical (unpaired) electrons. The summed E-state index contributed by atoms with van der Waals surface area (Å²) in [6.07, 6.45) is 3.49. The molecule has 1 N–H and O–H groups in total. The highest BCUT2D eigenvalue weighted by molar-refractivity contribution is 9.10. The number of nitrogens with one attached hydrogen (secondary N) is 1. The third-order valence-corrected chi connectivity index (χ3v) is 4.84. The summed E-state index contributed by atoms with van der Waals surface area (Å²) in [7, 11) is 0. The first kappa shape index (κ1) is 15.2. The van der Waals surface area contributed by atoms with Crippen LogP contribution in [-0.4, -0.2) is 29.2 Å². The smallest absolute Gasteiger partial charge is 0.244 e. The Morgan fingerprint density at radius 1 is 1.18 bits per heavy atom. The quantitative estimate of drug-likeness (QED) is 0.838. The summed E-state index contributed by atoms with van der Waals surface area (Å²) in [5.74, 6) is -1.13. The fourth-order valence-corrected chi connectivity index (χ4v) is 3.70. The Bertz CT molecular complexity index is 608. The number of rotatable bonds is 3. The van der Waals surface area contributed by atoms with Crippen molar-refractivity contribution in [2.75, 3.05) is 11.9 Å². The van der Waals surface area contributed by atoms with Crippen LogP contribution in [0.2, 0.25) is 0 Å². The van der Waals surface area contributed by atoms with Crippen LogP contribution >= 0.6 is 15.9 Å². The second-order valence-corrected chi connectivity index (χ2v) is 6.73. The molecule has 5 nitrogen and oxygen atoms in total. The first-order valence-electron chi connectivity index (χ1n) is 7.47. The van der Waals surface area contributed by atoms with Crippen molar-refractivity contribution < 1.29 is 14.4 Å². The molecule has 0 aromatic heterocycles. The molecular weight excluding hydrogens is 348 g/mol. The lowest BCUT2D eigenvalue weighted by molar-refractivity contribution is -0.142. The van der Waals surface area contributed by atoms with Gasteiger partial charge in [-0.05, 0) is 31.0 Å². The first-order valence-corrected chi connectivity index (χ1v) is 8.26. The van der Waals surface area contributed by atoms with Crippen molar-refractivity contribution in [2.45, 2.75) is 25.7 Å². The van der Waals surface area contributed by atoms with E-state index >= 15 is 0 Å². The van der Waals surface area contributed by atoms with Gasteiger partial charge in [0, 0.05) is 10.2 Å². The number of benzene rings is 1. The molecule has 1 aromatic carbocycles. The molecule has 0 bridgehead atoms. The van der Waals surface area contributed by atoms with E-state index in [-0.39, 0.29) is 36.1 Å². The largest absolute Gasteiger partial charge is 0.324 e. The second kappa shape index (κ2) is 6.20. The van der Waals surface area contributed by atoms with Crippen LogP contribution in [-0.2, 0) is 14.4 Å². The SMILES string of the molecule is O=C(CN1C(=O)[C@H]2CCCC[C@H]2C1=O)Nc1cccc(Br)c1. The summed E-state index contributed by atoms with van der Waals surface area (Å²) in [6, 6.07) is 7.19. The molecule has 0 unspecified atom stereocenters. The van der Waals surface area contributed by atoms with E-state index < -0.39 is 0 Å². The molecule has 1 saturated carbocycles. The van der Waals surface area contributed by atoms with Crippen molar-refractivity contribution in [3.05, 3.63) is 28.7 Å². The molecule has 1 aliphatic carbocycles. The first-order chi connectivity index (χ1) is 10.6. The van der Waals surface area contributed by atoms with Crippen LogP contribution in [0.1, 0.15) is 25.7 Å². The van der Waals surface area contributed by atoms with Crippen LogP contribution in [0.5, 0.6) is 0 Å². The van der Waals surface area contributed by atoms with Crippen LogP contribution in [0.4, 0.5) is 5.69 Å². The van der Waals surface area contributed by atoms with Crippen molar-refractivity contribution in [1.82, 2.24) is 4.90 Å². The van der Waals surface area contributed by atoms with E-state index in [1.54, 1.807) is 18.2 Å². The number of hydrogen-bond acceptors (Lipinski definition) is 3. The van der Waals surface area contributed by atoms with E-state index in [0.717, 1.165) is 35.1 Å². The van der Waals surface area contributed by atoms with Gasteiger partial charge in [-0.15, -0.1) is 0 Å². The summed E-state index contributed by atoms with van der Waals surface area (Å²) in [5, 5.41) is 2.72. The molecule has 3 amide bonds. The van der Waals surface area contributed by atoms with Crippen LogP contribution in [0.25, 0.3) is 0 Å². The van der Waals surface area contributed by atoms with E-state index in [1.807, 2.05) is 6.07 Å². The van der Waals surface area contributed by atoms with Gasteiger partial charge in [0.25, 0.3) is 0 Å². The number of halogens is 1. The highest BCUT2D eigenvalue weighted by Crippen LogP contribution is 2.37. The fraction of sp³-hybridized carbons (Fsp3) is 0.438. The van der Waals surface area contributed by atoms with Gasteiger partial charge in [-0.3, -0.25) is 19.3 Å². The van der Waals surface area contributed by atoms with E-state index in [1.165, 1.54) is 0 Å². The number of hydrogen-bond donors (Lipinski definition) is 1. The lowest BCUT2D eigenvalue weighted by Crippen LogP contribution is -2.38. The van der Waals surface area contributed by atoms with Gasteiger partial charge in [0.15, 0.2) is 0 Å². The summed E-state index contributed by atoms with van der Waals surface area (Å²) in [5.41, 5.74) is 0.635. The zero-order valence-corrected chi connectivity index (χ0v) is 13.6. The lowest BCUT2D eigenvalue weighted by Gasteiger charge is -2.19. The van der Waals surface area contributed by atoms with E-state index in [2.05, 4.69) is 21.2 Å². The summed E-state index contributed by atoms with van der Waals surface area (Å²) < 4.78 is 0.852. The molecule has 6 heteroatoms. The second-order valence-electron chi connectivity index (χ2n) is 5.82. The van der Waals surface area contributed by atoms with E-state index in [0.29, 0.717) is 5.69 Å². The molecule has 2 fully saturated rings. The predicted octanol–water partition coefficient (Wildman–Crippen LogP) is 2.56. The van der Waals surface area contributed by atoms with Crippen LogP contribution in [0.15, 0.2) is 28.7 Å². The van der Waals surface area contributed by atoms with Gasteiger partial charge in [-0.25, -0.2) is 0 Å². The average Bonchev–Trinajstić information content (AvgIpc) is 2.73. The maximum Gasteiger partial charge on any atom is 0.244 e. The van der Waals surface area contributed by atoms with Gasteiger partial charge in [0.05, 0.1) is 11.8 Å². The van der Waals surface area contributed by atoms with Crippen molar-refractivity contribution in [3.8, 4) is 0 Å². The topological polar surface area (TPSA) is 66.5 Å². The van der Waals surface area contributed by atoms with Gasteiger partial charge in [-0.2, -0.15) is 0 Å². The minimum Gasteiger partial charge on any atom is -0.324 e. The Morgan fingerprint density at radius 3 is 2.41 bits per heavy atom. The lowest BCUT2D eigenvalue weighted by atomic mass is 9.81. The number of fused-ring (bicyclic) bond motifs is 1. The van der Waals surface area contributed by atoms with E-state index in [4.69, 9.17) is 0 Å². The molecule has 116 valence electrons. The number of imide groups is 1. The molecule has 1 aliphatic heterocycles. The molecule has 3 rings (SSSR count). The summed E-state index contributed by atoms with van der Waals surface area (Å²) in [4.78, 5) is 37.9.